The second-order valence-corrected chi connectivity index (χ2v) is 6.99. The van der Waals surface area contributed by atoms with E-state index >= 15 is 0 Å². The molecule has 5 nitrogen and oxygen atoms in total. The van der Waals surface area contributed by atoms with Crippen LogP contribution in [0.3, 0.4) is 0 Å². The molecule has 0 saturated heterocycles. The molecule has 2 rings (SSSR count). The first-order valence-corrected chi connectivity index (χ1v) is 8.39. The van der Waals surface area contributed by atoms with E-state index in [4.69, 9.17) is 0 Å². The lowest BCUT2D eigenvalue weighted by molar-refractivity contribution is 0.421. The molecule has 0 amide bonds. The standard InChI is InChI=1S/C15H18N2O3S/c1-13-6-10-15(11-7-13)21(19,20)17(16-18)12-4-2-3-5-14-8-9-14/h6-7,10-11,14H,2,4,8-9,12H2,1H3. The number of unbranched alkanes of at least 4 members (excludes halogenated alkanes) is 1. The molecule has 0 spiro atoms. The quantitative estimate of drug-likeness (QED) is 0.351. The van der Waals surface area contributed by atoms with E-state index in [0.717, 1.165) is 18.4 Å². The van der Waals surface area contributed by atoms with Crippen molar-refractivity contribution in [2.45, 2.75) is 37.5 Å². The van der Waals surface area contributed by atoms with Gasteiger partial charge in [-0.3, -0.25) is 0 Å². The highest BCUT2D eigenvalue weighted by Crippen LogP contribution is 2.27. The van der Waals surface area contributed by atoms with Crippen molar-refractivity contribution in [3.63, 3.8) is 0 Å². The summed E-state index contributed by atoms with van der Waals surface area (Å²) in [6, 6.07) is 6.35. The van der Waals surface area contributed by atoms with Crippen LogP contribution in [0.2, 0.25) is 0 Å². The third-order valence-electron chi connectivity index (χ3n) is 3.22. The van der Waals surface area contributed by atoms with Gasteiger partial charge in [0.15, 0.2) is 0 Å². The van der Waals surface area contributed by atoms with Crippen LogP contribution in [0.1, 0.15) is 31.2 Å². The molecule has 0 atom stereocenters. The Morgan fingerprint density at radius 3 is 2.52 bits per heavy atom. The van der Waals surface area contributed by atoms with Crippen LogP contribution in [-0.2, 0) is 10.0 Å². The van der Waals surface area contributed by atoms with Gasteiger partial charge in [0.1, 0.15) is 0 Å². The van der Waals surface area contributed by atoms with Gasteiger partial charge in [0.05, 0.1) is 16.7 Å². The van der Waals surface area contributed by atoms with Crippen molar-refractivity contribution >= 4 is 10.0 Å². The van der Waals surface area contributed by atoms with Crippen molar-refractivity contribution in [1.29, 1.82) is 0 Å². The molecule has 1 fully saturated rings. The number of hydrogen-bond acceptors (Lipinski definition) is 4. The molecule has 0 heterocycles. The van der Waals surface area contributed by atoms with Gasteiger partial charge in [-0.2, -0.15) is 12.8 Å². The summed E-state index contributed by atoms with van der Waals surface area (Å²) in [6.07, 6.45) is 3.40. The van der Waals surface area contributed by atoms with Crippen LogP contribution >= 0.6 is 0 Å². The Morgan fingerprint density at radius 2 is 1.95 bits per heavy atom. The Bertz CT molecular complexity index is 652. The van der Waals surface area contributed by atoms with E-state index in [2.05, 4.69) is 17.1 Å². The molecule has 1 aromatic rings. The molecule has 1 aliphatic carbocycles. The lowest BCUT2D eigenvalue weighted by atomic mass is 10.2. The fraction of sp³-hybridized carbons (Fsp3) is 0.467. The highest BCUT2D eigenvalue weighted by molar-refractivity contribution is 7.89. The number of nitrogens with zero attached hydrogens (tertiary/aromatic N) is 2. The zero-order valence-electron chi connectivity index (χ0n) is 11.9. The summed E-state index contributed by atoms with van der Waals surface area (Å²) < 4.78 is 25.1. The Hall–Kier alpha value is -1.87. The molecule has 0 N–H and O–H groups in total. The number of aryl methyl sites for hydroxylation is 1. The third kappa shape index (κ3) is 4.30. The average Bonchev–Trinajstić information content (AvgIpc) is 3.27. The van der Waals surface area contributed by atoms with E-state index in [1.807, 2.05) is 6.92 Å². The largest absolute Gasteiger partial charge is 0.281 e. The highest BCUT2D eigenvalue weighted by atomic mass is 32.2. The van der Waals surface area contributed by atoms with Crippen LogP contribution in [0.4, 0.5) is 0 Å². The Balaban J connectivity index is 1.96. The van der Waals surface area contributed by atoms with Crippen molar-refractivity contribution in [2.24, 2.45) is 11.2 Å². The van der Waals surface area contributed by atoms with Gasteiger partial charge in [0.2, 0.25) is 0 Å². The molecule has 21 heavy (non-hydrogen) atoms. The SMILES string of the molecule is Cc1ccc(S(=O)(=O)N(CCCC#CC2CC2)N=O)cc1. The fourth-order valence-electron chi connectivity index (χ4n) is 1.78. The van der Waals surface area contributed by atoms with Crippen LogP contribution in [0, 0.1) is 29.6 Å². The maximum absolute atomic E-state index is 12.3. The number of hydrogen-bond donors (Lipinski definition) is 0. The summed E-state index contributed by atoms with van der Waals surface area (Å²) in [5.74, 6) is 6.64. The summed E-state index contributed by atoms with van der Waals surface area (Å²) in [7, 11) is -3.85. The minimum Gasteiger partial charge on any atom is -0.200 e. The van der Waals surface area contributed by atoms with Gasteiger partial charge in [-0.05, 0) is 38.3 Å². The van der Waals surface area contributed by atoms with Gasteiger partial charge >= 0.3 is 0 Å². The van der Waals surface area contributed by atoms with E-state index in [1.54, 1.807) is 12.1 Å². The van der Waals surface area contributed by atoms with E-state index in [-0.39, 0.29) is 11.4 Å². The fourth-order valence-corrected chi connectivity index (χ4v) is 2.96. The zero-order valence-corrected chi connectivity index (χ0v) is 12.8. The van der Waals surface area contributed by atoms with Gasteiger partial charge in [0.25, 0.3) is 10.0 Å². The minimum atomic E-state index is -3.85. The third-order valence-corrected chi connectivity index (χ3v) is 4.89. The van der Waals surface area contributed by atoms with E-state index < -0.39 is 10.0 Å². The van der Waals surface area contributed by atoms with Crippen LogP contribution in [0.15, 0.2) is 34.4 Å². The predicted octanol–water partition coefficient (Wildman–Crippen LogP) is 2.86. The molecular formula is C15H18N2O3S. The summed E-state index contributed by atoms with van der Waals surface area (Å²) in [6.45, 7) is 1.92. The molecular weight excluding hydrogens is 288 g/mol. The summed E-state index contributed by atoms with van der Waals surface area (Å²) in [4.78, 5) is 10.9. The van der Waals surface area contributed by atoms with Gasteiger partial charge in [-0.15, -0.1) is 10.8 Å². The first kappa shape index (κ1) is 15.5. The Kier molecular flexibility index (Phi) is 4.97. The van der Waals surface area contributed by atoms with Crippen molar-refractivity contribution in [3.05, 3.63) is 34.7 Å². The van der Waals surface area contributed by atoms with Crippen molar-refractivity contribution < 1.29 is 8.42 Å². The molecule has 6 heteroatoms. The number of nitroso groups, excluding NO2 is 1. The van der Waals surface area contributed by atoms with Crippen LogP contribution in [-0.4, -0.2) is 19.4 Å². The minimum absolute atomic E-state index is 0.0546. The van der Waals surface area contributed by atoms with Crippen LogP contribution in [0.5, 0.6) is 0 Å². The molecule has 0 aliphatic heterocycles. The molecule has 1 aromatic carbocycles. The lowest BCUT2D eigenvalue weighted by Crippen LogP contribution is -2.26. The smallest absolute Gasteiger partial charge is 0.200 e. The maximum atomic E-state index is 12.3. The Morgan fingerprint density at radius 1 is 1.29 bits per heavy atom. The molecule has 0 radical (unpaired) electrons. The highest BCUT2D eigenvalue weighted by Gasteiger charge is 2.23. The number of benzene rings is 1. The summed E-state index contributed by atoms with van der Waals surface area (Å²) in [5, 5.41) is 2.65. The van der Waals surface area contributed by atoms with Gasteiger partial charge < -0.3 is 0 Å². The summed E-state index contributed by atoms with van der Waals surface area (Å²) >= 11 is 0. The Labute approximate surface area is 125 Å². The normalized spacial score (nSPS) is 14.1. The van der Waals surface area contributed by atoms with Gasteiger partial charge in [-0.1, -0.05) is 23.6 Å². The molecule has 0 bridgehead atoms. The molecule has 1 aliphatic rings. The molecule has 112 valence electrons. The lowest BCUT2D eigenvalue weighted by Gasteiger charge is -2.14. The topological polar surface area (TPSA) is 66.8 Å². The van der Waals surface area contributed by atoms with Crippen LogP contribution in [0.25, 0.3) is 0 Å². The first-order chi connectivity index (χ1) is 10.0. The van der Waals surface area contributed by atoms with Gasteiger partial charge in [0, 0.05) is 12.3 Å². The molecule has 1 saturated carbocycles. The van der Waals surface area contributed by atoms with Crippen molar-refractivity contribution in [3.8, 4) is 11.8 Å². The monoisotopic (exact) mass is 306 g/mol. The zero-order chi connectivity index (χ0) is 15.3. The second kappa shape index (κ2) is 6.72. The van der Waals surface area contributed by atoms with Gasteiger partial charge in [-0.25, -0.2) is 0 Å². The van der Waals surface area contributed by atoms with Crippen LogP contribution < -0.4 is 0 Å². The number of sulfonamides is 1. The average molecular weight is 306 g/mol. The number of rotatable bonds is 6. The molecule has 0 aromatic heterocycles. The van der Waals surface area contributed by atoms with E-state index in [0.29, 0.717) is 23.2 Å². The van der Waals surface area contributed by atoms with Crippen molar-refractivity contribution in [1.82, 2.24) is 4.41 Å². The summed E-state index contributed by atoms with van der Waals surface area (Å²) in [5.41, 5.74) is 0.954. The first-order valence-electron chi connectivity index (χ1n) is 6.95. The van der Waals surface area contributed by atoms with E-state index in [9.17, 15) is 13.3 Å². The van der Waals surface area contributed by atoms with E-state index in [1.165, 1.54) is 12.1 Å². The second-order valence-electron chi connectivity index (χ2n) is 5.14. The van der Waals surface area contributed by atoms with Crippen molar-refractivity contribution in [2.75, 3.05) is 6.54 Å². The predicted molar refractivity (Wildman–Crippen MR) is 80.6 cm³/mol. The maximum Gasteiger partial charge on any atom is 0.281 e. The molecule has 0 unspecified atom stereocenters.